The van der Waals surface area contributed by atoms with E-state index in [0.717, 1.165) is 10.5 Å². The topological polar surface area (TPSA) is 44.0 Å². The molecule has 1 rings (SSSR count). The van der Waals surface area contributed by atoms with Crippen molar-refractivity contribution in [3.05, 3.63) is 29.3 Å². The van der Waals surface area contributed by atoms with Gasteiger partial charge in [0.15, 0.2) is 0 Å². The number of rotatable bonds is 2. The highest BCUT2D eigenvalue weighted by atomic mass is 32.2. The van der Waals surface area contributed by atoms with E-state index in [1.807, 2.05) is 6.26 Å². The number of nitriles is 1. The Morgan fingerprint density at radius 1 is 1.54 bits per heavy atom. The second-order valence-electron chi connectivity index (χ2n) is 2.74. The minimum atomic E-state index is -0.477. The molecule has 0 aliphatic rings. The molecule has 1 aromatic carbocycles. The van der Waals surface area contributed by atoms with Crippen LogP contribution in [0, 0.1) is 11.3 Å². The number of benzene rings is 1. The second kappa shape index (κ2) is 4.31. The summed E-state index contributed by atoms with van der Waals surface area (Å²) >= 11 is 1.54. The van der Waals surface area contributed by atoms with Crippen LogP contribution in [-0.2, 0) is 0 Å². The van der Waals surface area contributed by atoms with Gasteiger partial charge in [-0.3, -0.25) is 0 Å². The number of hydrogen-bond acceptors (Lipinski definition) is 3. The molecule has 13 heavy (non-hydrogen) atoms. The Morgan fingerprint density at radius 2 is 2.23 bits per heavy atom. The van der Waals surface area contributed by atoms with Gasteiger partial charge in [-0.05, 0) is 30.9 Å². The van der Waals surface area contributed by atoms with Crippen molar-refractivity contribution >= 4 is 11.8 Å². The van der Waals surface area contributed by atoms with E-state index in [4.69, 9.17) is 5.26 Å². The van der Waals surface area contributed by atoms with Crippen LogP contribution < -0.4 is 0 Å². The zero-order chi connectivity index (χ0) is 9.84. The number of aliphatic hydroxyl groups excluding tert-OH is 1. The lowest BCUT2D eigenvalue weighted by atomic mass is 10.1. The Morgan fingerprint density at radius 3 is 2.69 bits per heavy atom. The van der Waals surface area contributed by atoms with Crippen molar-refractivity contribution in [3.8, 4) is 6.07 Å². The third-order valence-corrected chi connectivity index (χ3v) is 2.61. The Balaban J connectivity index is 3.17. The Hall–Kier alpha value is -0.980. The molecule has 1 aromatic rings. The van der Waals surface area contributed by atoms with Gasteiger partial charge in [0.25, 0.3) is 0 Å². The van der Waals surface area contributed by atoms with Gasteiger partial charge in [0.2, 0.25) is 0 Å². The summed E-state index contributed by atoms with van der Waals surface area (Å²) in [6, 6.07) is 7.40. The van der Waals surface area contributed by atoms with E-state index in [0.29, 0.717) is 5.56 Å². The summed E-state index contributed by atoms with van der Waals surface area (Å²) in [4.78, 5) is 0.967. The molecular weight excluding hydrogens is 182 g/mol. The molecule has 0 heterocycles. The van der Waals surface area contributed by atoms with Crippen molar-refractivity contribution in [2.75, 3.05) is 6.26 Å². The van der Waals surface area contributed by atoms with Crippen LogP contribution in [0.4, 0.5) is 0 Å². The van der Waals surface area contributed by atoms with E-state index in [1.165, 1.54) is 0 Å². The van der Waals surface area contributed by atoms with E-state index in [1.54, 1.807) is 36.9 Å². The fourth-order valence-corrected chi connectivity index (χ4v) is 1.84. The third kappa shape index (κ3) is 2.24. The standard InChI is InChI=1S/C10H11NOS/c1-7(12)9-4-3-8(6-11)5-10(9)13-2/h3-5,7,12H,1-2H3. The first-order valence-electron chi connectivity index (χ1n) is 3.95. The predicted molar refractivity (Wildman–Crippen MR) is 53.6 cm³/mol. The van der Waals surface area contributed by atoms with Crippen molar-refractivity contribution in [1.82, 2.24) is 0 Å². The van der Waals surface area contributed by atoms with E-state index in [-0.39, 0.29) is 0 Å². The molecule has 0 saturated carbocycles. The van der Waals surface area contributed by atoms with Gasteiger partial charge in [0.05, 0.1) is 17.7 Å². The molecule has 0 spiro atoms. The van der Waals surface area contributed by atoms with Crippen molar-refractivity contribution in [2.24, 2.45) is 0 Å². The minimum Gasteiger partial charge on any atom is -0.389 e. The summed E-state index contributed by atoms with van der Waals surface area (Å²) in [7, 11) is 0. The molecular formula is C10H11NOS. The predicted octanol–water partition coefficient (Wildman–Crippen LogP) is 2.33. The van der Waals surface area contributed by atoms with Gasteiger partial charge < -0.3 is 5.11 Å². The van der Waals surface area contributed by atoms with Crippen LogP contribution in [-0.4, -0.2) is 11.4 Å². The lowest BCUT2D eigenvalue weighted by Crippen LogP contribution is -1.94. The first-order valence-corrected chi connectivity index (χ1v) is 5.17. The molecule has 0 amide bonds. The van der Waals surface area contributed by atoms with Gasteiger partial charge in [-0.2, -0.15) is 5.26 Å². The average Bonchev–Trinajstić information content (AvgIpc) is 2.16. The summed E-state index contributed by atoms with van der Waals surface area (Å²) in [6.07, 6.45) is 1.46. The lowest BCUT2D eigenvalue weighted by molar-refractivity contribution is 0.196. The van der Waals surface area contributed by atoms with Crippen LogP contribution in [0.5, 0.6) is 0 Å². The molecule has 0 aliphatic heterocycles. The van der Waals surface area contributed by atoms with Crippen LogP contribution in [0.1, 0.15) is 24.2 Å². The van der Waals surface area contributed by atoms with Gasteiger partial charge in [0.1, 0.15) is 0 Å². The molecule has 0 saturated heterocycles. The normalized spacial score (nSPS) is 12.2. The highest BCUT2D eigenvalue weighted by molar-refractivity contribution is 7.98. The first kappa shape index (κ1) is 10.1. The van der Waals surface area contributed by atoms with Gasteiger partial charge in [0, 0.05) is 4.90 Å². The Kier molecular flexibility index (Phi) is 3.35. The zero-order valence-corrected chi connectivity index (χ0v) is 8.43. The SMILES string of the molecule is CSc1cc(C#N)ccc1C(C)O. The summed E-state index contributed by atoms with van der Waals surface area (Å²) in [5.41, 5.74) is 1.51. The van der Waals surface area contributed by atoms with Crippen LogP contribution in [0.15, 0.2) is 23.1 Å². The van der Waals surface area contributed by atoms with Crippen molar-refractivity contribution in [2.45, 2.75) is 17.9 Å². The molecule has 0 bridgehead atoms. The highest BCUT2D eigenvalue weighted by Gasteiger charge is 2.07. The summed E-state index contributed by atoms with van der Waals surface area (Å²) in [6.45, 7) is 1.72. The van der Waals surface area contributed by atoms with Crippen molar-refractivity contribution in [3.63, 3.8) is 0 Å². The molecule has 0 aromatic heterocycles. The van der Waals surface area contributed by atoms with E-state index >= 15 is 0 Å². The molecule has 0 radical (unpaired) electrons. The maximum atomic E-state index is 9.40. The fraction of sp³-hybridized carbons (Fsp3) is 0.300. The van der Waals surface area contributed by atoms with Gasteiger partial charge in [-0.1, -0.05) is 6.07 Å². The Bertz CT molecular complexity index is 341. The average molecular weight is 193 g/mol. The van der Waals surface area contributed by atoms with Crippen LogP contribution >= 0.6 is 11.8 Å². The first-order chi connectivity index (χ1) is 6.19. The fourth-order valence-electron chi connectivity index (χ4n) is 1.13. The van der Waals surface area contributed by atoms with Crippen molar-refractivity contribution in [1.29, 1.82) is 5.26 Å². The molecule has 1 unspecified atom stereocenters. The minimum absolute atomic E-state index is 0.477. The number of aliphatic hydroxyl groups is 1. The molecule has 1 N–H and O–H groups in total. The van der Waals surface area contributed by atoms with E-state index in [2.05, 4.69) is 6.07 Å². The van der Waals surface area contributed by atoms with Crippen LogP contribution in [0.2, 0.25) is 0 Å². The number of thioether (sulfide) groups is 1. The Labute approximate surface area is 82.2 Å². The molecule has 2 nitrogen and oxygen atoms in total. The van der Waals surface area contributed by atoms with Gasteiger partial charge >= 0.3 is 0 Å². The third-order valence-electron chi connectivity index (χ3n) is 1.81. The smallest absolute Gasteiger partial charge is 0.0992 e. The van der Waals surface area contributed by atoms with Crippen LogP contribution in [0.25, 0.3) is 0 Å². The molecule has 0 fully saturated rings. The van der Waals surface area contributed by atoms with Crippen LogP contribution in [0.3, 0.4) is 0 Å². The van der Waals surface area contributed by atoms with Gasteiger partial charge in [-0.25, -0.2) is 0 Å². The monoisotopic (exact) mass is 193 g/mol. The van der Waals surface area contributed by atoms with E-state index < -0.39 is 6.10 Å². The molecule has 1 atom stereocenters. The maximum Gasteiger partial charge on any atom is 0.0992 e. The lowest BCUT2D eigenvalue weighted by Gasteiger charge is -2.09. The van der Waals surface area contributed by atoms with E-state index in [9.17, 15) is 5.11 Å². The highest BCUT2D eigenvalue weighted by Crippen LogP contribution is 2.26. The summed E-state index contributed by atoms with van der Waals surface area (Å²) in [5.74, 6) is 0. The second-order valence-corrected chi connectivity index (χ2v) is 3.59. The zero-order valence-electron chi connectivity index (χ0n) is 7.61. The summed E-state index contributed by atoms with van der Waals surface area (Å²) < 4.78 is 0. The molecule has 68 valence electrons. The number of nitrogens with zero attached hydrogens (tertiary/aromatic N) is 1. The summed E-state index contributed by atoms with van der Waals surface area (Å²) in [5, 5.41) is 18.1. The molecule has 3 heteroatoms. The quantitative estimate of drug-likeness (QED) is 0.733. The number of hydrogen-bond donors (Lipinski definition) is 1. The molecule has 0 aliphatic carbocycles. The maximum absolute atomic E-state index is 9.40. The van der Waals surface area contributed by atoms with Crippen molar-refractivity contribution < 1.29 is 5.11 Å². The van der Waals surface area contributed by atoms with Gasteiger partial charge in [-0.15, -0.1) is 11.8 Å². The largest absolute Gasteiger partial charge is 0.389 e.